The summed E-state index contributed by atoms with van der Waals surface area (Å²) in [6.07, 6.45) is 1.91. The number of morpholine rings is 1. The van der Waals surface area contributed by atoms with Gasteiger partial charge in [-0.1, -0.05) is 0 Å². The topological polar surface area (TPSA) is 42.4 Å². The van der Waals surface area contributed by atoms with Crippen molar-refractivity contribution in [3.63, 3.8) is 0 Å². The SMILES string of the molecule is CC(=O)c1cccnc1N1CCOC(C)C1. The van der Waals surface area contributed by atoms with Crippen LogP contribution >= 0.6 is 0 Å². The van der Waals surface area contributed by atoms with Gasteiger partial charge in [0.2, 0.25) is 0 Å². The molecule has 4 heteroatoms. The van der Waals surface area contributed by atoms with E-state index >= 15 is 0 Å². The van der Waals surface area contributed by atoms with Crippen molar-refractivity contribution in [3.8, 4) is 0 Å². The van der Waals surface area contributed by atoms with Crippen LogP contribution in [0.5, 0.6) is 0 Å². The van der Waals surface area contributed by atoms with Gasteiger partial charge in [-0.2, -0.15) is 0 Å². The molecule has 86 valence electrons. The second-order valence-corrected chi connectivity index (χ2v) is 4.06. The van der Waals surface area contributed by atoms with Crippen LogP contribution in [0.2, 0.25) is 0 Å². The van der Waals surface area contributed by atoms with Gasteiger partial charge in [-0.05, 0) is 26.0 Å². The molecule has 0 bridgehead atoms. The Hall–Kier alpha value is -1.42. The number of pyridine rings is 1. The molecule has 0 amide bonds. The van der Waals surface area contributed by atoms with Gasteiger partial charge >= 0.3 is 0 Å². The van der Waals surface area contributed by atoms with E-state index in [1.807, 2.05) is 13.0 Å². The molecule has 0 N–H and O–H groups in total. The first-order valence-electron chi connectivity index (χ1n) is 5.51. The van der Waals surface area contributed by atoms with Crippen molar-refractivity contribution in [2.24, 2.45) is 0 Å². The maximum Gasteiger partial charge on any atom is 0.163 e. The highest BCUT2D eigenvalue weighted by atomic mass is 16.5. The molecule has 1 atom stereocenters. The highest BCUT2D eigenvalue weighted by Gasteiger charge is 2.21. The number of hydrogen-bond acceptors (Lipinski definition) is 4. The Labute approximate surface area is 95.2 Å². The molecule has 1 aromatic rings. The lowest BCUT2D eigenvalue weighted by molar-refractivity contribution is 0.0528. The normalized spacial score (nSPS) is 20.9. The molecule has 1 aliphatic rings. The molecule has 1 saturated heterocycles. The lowest BCUT2D eigenvalue weighted by Crippen LogP contribution is -2.42. The highest BCUT2D eigenvalue weighted by molar-refractivity contribution is 5.98. The Morgan fingerprint density at radius 1 is 1.62 bits per heavy atom. The number of ketones is 1. The van der Waals surface area contributed by atoms with Crippen molar-refractivity contribution in [1.29, 1.82) is 0 Å². The second kappa shape index (κ2) is 4.61. The van der Waals surface area contributed by atoms with Gasteiger partial charge in [0.15, 0.2) is 5.78 Å². The molecular formula is C12H16N2O2. The smallest absolute Gasteiger partial charge is 0.163 e. The molecule has 2 rings (SSSR count). The monoisotopic (exact) mass is 220 g/mol. The van der Waals surface area contributed by atoms with Crippen molar-refractivity contribution in [1.82, 2.24) is 4.98 Å². The third-order valence-electron chi connectivity index (χ3n) is 2.71. The average Bonchev–Trinajstić information content (AvgIpc) is 2.29. The molecule has 0 saturated carbocycles. The van der Waals surface area contributed by atoms with Gasteiger partial charge in [-0.15, -0.1) is 0 Å². The van der Waals surface area contributed by atoms with Gasteiger partial charge in [0.1, 0.15) is 5.82 Å². The summed E-state index contributed by atoms with van der Waals surface area (Å²) in [5, 5.41) is 0. The molecule has 0 spiro atoms. The van der Waals surface area contributed by atoms with E-state index < -0.39 is 0 Å². The highest BCUT2D eigenvalue weighted by Crippen LogP contribution is 2.20. The molecule has 4 nitrogen and oxygen atoms in total. The van der Waals surface area contributed by atoms with Crippen molar-refractivity contribution < 1.29 is 9.53 Å². The number of carbonyl (C=O) groups is 1. The van der Waals surface area contributed by atoms with Crippen LogP contribution in [0.1, 0.15) is 24.2 Å². The number of hydrogen-bond donors (Lipinski definition) is 0. The van der Waals surface area contributed by atoms with Gasteiger partial charge in [0.05, 0.1) is 18.3 Å². The maximum atomic E-state index is 11.5. The number of rotatable bonds is 2. The van der Waals surface area contributed by atoms with Crippen molar-refractivity contribution in [2.75, 3.05) is 24.6 Å². The number of nitrogens with zero attached hydrogens (tertiary/aromatic N) is 2. The Morgan fingerprint density at radius 3 is 3.12 bits per heavy atom. The third-order valence-corrected chi connectivity index (χ3v) is 2.71. The van der Waals surface area contributed by atoms with Crippen LogP contribution in [0.4, 0.5) is 5.82 Å². The maximum absolute atomic E-state index is 11.5. The molecule has 0 aromatic carbocycles. The summed E-state index contributed by atoms with van der Waals surface area (Å²) in [6, 6.07) is 3.62. The van der Waals surface area contributed by atoms with Gasteiger partial charge in [0.25, 0.3) is 0 Å². The first kappa shape index (κ1) is 11.1. The number of anilines is 1. The van der Waals surface area contributed by atoms with Crippen molar-refractivity contribution >= 4 is 11.6 Å². The second-order valence-electron chi connectivity index (χ2n) is 4.06. The van der Waals surface area contributed by atoms with E-state index in [4.69, 9.17) is 4.74 Å². The first-order valence-corrected chi connectivity index (χ1v) is 5.51. The van der Waals surface area contributed by atoms with Crippen molar-refractivity contribution in [2.45, 2.75) is 20.0 Å². The minimum absolute atomic E-state index is 0.0576. The van der Waals surface area contributed by atoms with Gasteiger partial charge < -0.3 is 9.64 Å². The summed E-state index contributed by atoms with van der Waals surface area (Å²) in [5.41, 5.74) is 0.691. The Balaban J connectivity index is 2.28. The Kier molecular flexibility index (Phi) is 3.19. The van der Waals surface area contributed by atoms with Crippen LogP contribution in [-0.4, -0.2) is 36.6 Å². The minimum atomic E-state index is 0.0576. The Bertz CT molecular complexity index is 392. The average molecular weight is 220 g/mol. The lowest BCUT2D eigenvalue weighted by atomic mass is 10.1. The molecule has 0 radical (unpaired) electrons. The van der Waals surface area contributed by atoms with Crippen LogP contribution in [0, 0.1) is 0 Å². The molecule has 16 heavy (non-hydrogen) atoms. The quantitative estimate of drug-likeness (QED) is 0.708. The summed E-state index contributed by atoms with van der Waals surface area (Å²) in [6.45, 7) is 5.88. The van der Waals surface area contributed by atoms with E-state index in [0.29, 0.717) is 12.2 Å². The zero-order valence-electron chi connectivity index (χ0n) is 9.64. The van der Waals surface area contributed by atoms with Gasteiger partial charge in [-0.3, -0.25) is 4.79 Å². The number of carbonyl (C=O) groups excluding carboxylic acids is 1. The van der Waals surface area contributed by atoms with Crippen LogP contribution in [0.25, 0.3) is 0 Å². The van der Waals surface area contributed by atoms with E-state index in [9.17, 15) is 4.79 Å². The third kappa shape index (κ3) is 2.22. The fourth-order valence-electron chi connectivity index (χ4n) is 1.93. The van der Waals surface area contributed by atoms with Gasteiger partial charge in [-0.25, -0.2) is 4.98 Å². The molecule has 0 aliphatic carbocycles. The zero-order chi connectivity index (χ0) is 11.5. The van der Waals surface area contributed by atoms with E-state index in [0.717, 1.165) is 18.9 Å². The van der Waals surface area contributed by atoms with Crippen LogP contribution in [0.15, 0.2) is 18.3 Å². The molecule has 1 unspecified atom stereocenters. The fourth-order valence-corrected chi connectivity index (χ4v) is 1.93. The Morgan fingerprint density at radius 2 is 2.44 bits per heavy atom. The van der Waals surface area contributed by atoms with E-state index in [-0.39, 0.29) is 11.9 Å². The molecule has 1 aromatic heterocycles. The largest absolute Gasteiger partial charge is 0.375 e. The van der Waals surface area contributed by atoms with Crippen LogP contribution in [0.3, 0.4) is 0 Å². The number of Topliss-reactive ketones (excluding diaryl/α,β-unsaturated/α-hetero) is 1. The lowest BCUT2D eigenvalue weighted by Gasteiger charge is -2.32. The predicted octanol–water partition coefficient (Wildman–Crippen LogP) is 1.51. The zero-order valence-corrected chi connectivity index (χ0v) is 9.64. The summed E-state index contributed by atoms with van der Waals surface area (Å²) in [7, 11) is 0. The van der Waals surface area contributed by atoms with Crippen molar-refractivity contribution in [3.05, 3.63) is 23.9 Å². The van der Waals surface area contributed by atoms with Crippen LogP contribution < -0.4 is 4.90 Å². The van der Waals surface area contributed by atoms with E-state index in [1.54, 1.807) is 19.2 Å². The molecule has 2 heterocycles. The van der Waals surface area contributed by atoms with E-state index in [2.05, 4.69) is 9.88 Å². The molecule has 1 fully saturated rings. The molecular weight excluding hydrogens is 204 g/mol. The summed E-state index contributed by atoms with van der Waals surface area (Å²) < 4.78 is 5.48. The summed E-state index contributed by atoms with van der Waals surface area (Å²) in [5.74, 6) is 0.840. The number of ether oxygens (including phenoxy) is 1. The molecule has 1 aliphatic heterocycles. The summed E-state index contributed by atoms with van der Waals surface area (Å²) >= 11 is 0. The number of aromatic nitrogens is 1. The predicted molar refractivity (Wildman–Crippen MR) is 61.9 cm³/mol. The standard InChI is InChI=1S/C12H16N2O2/c1-9-8-14(6-7-16-9)12-11(10(2)15)4-3-5-13-12/h3-5,9H,6-8H2,1-2H3. The first-order chi connectivity index (χ1) is 7.68. The summed E-state index contributed by atoms with van der Waals surface area (Å²) in [4.78, 5) is 17.9. The van der Waals surface area contributed by atoms with Crippen LogP contribution in [-0.2, 0) is 4.74 Å². The minimum Gasteiger partial charge on any atom is -0.375 e. The van der Waals surface area contributed by atoms with E-state index in [1.165, 1.54) is 0 Å². The fraction of sp³-hybridized carbons (Fsp3) is 0.500. The van der Waals surface area contributed by atoms with Gasteiger partial charge in [0, 0.05) is 19.3 Å².